The van der Waals surface area contributed by atoms with Crippen molar-refractivity contribution in [2.24, 2.45) is 11.8 Å². The van der Waals surface area contributed by atoms with Crippen molar-refractivity contribution in [3.8, 4) is 0 Å². The summed E-state index contributed by atoms with van der Waals surface area (Å²) < 4.78 is 59.0. The van der Waals surface area contributed by atoms with Crippen LogP contribution in [0.5, 0.6) is 0 Å². The second kappa shape index (κ2) is 36.2. The Kier molecular flexibility index (Phi) is 31.5. The molecule has 2 bridgehead atoms. The zero-order chi connectivity index (χ0) is 55.1. The highest BCUT2D eigenvalue weighted by Gasteiger charge is 2.45. The molecule has 0 aromatic carbocycles. The molecule has 1 aromatic heterocycles. The maximum Gasteiger partial charge on any atom is 0.481 e. The molecule has 0 saturated carbocycles. The highest BCUT2D eigenvalue weighted by molar-refractivity contribution is 7.61. The van der Waals surface area contributed by atoms with Crippen LogP contribution >= 0.6 is 15.6 Å². The Balaban J connectivity index is 1.79. The Labute approximate surface area is 441 Å². The number of ether oxygens (including phenoxy) is 3. The smallest absolute Gasteiger partial charge is 0.462 e. The zero-order valence-electron chi connectivity index (χ0n) is 43.5. The van der Waals surface area contributed by atoms with Gasteiger partial charge in [0.1, 0.15) is 36.6 Å². The van der Waals surface area contributed by atoms with Crippen LogP contribution in [-0.4, -0.2) is 114 Å². The van der Waals surface area contributed by atoms with Gasteiger partial charge in [0.05, 0.1) is 37.4 Å². The van der Waals surface area contributed by atoms with E-state index in [0.717, 1.165) is 42.9 Å². The summed E-state index contributed by atoms with van der Waals surface area (Å²) in [5.41, 5.74) is 4.75. The molecule has 1 aromatic rings. The molecule has 2 aliphatic rings. The number of hydrogen-bond donors (Lipinski definition) is 7. The van der Waals surface area contributed by atoms with Gasteiger partial charge in [-0.15, -0.1) is 0 Å². The predicted octanol–water partition coefficient (Wildman–Crippen LogP) is 7.70. The normalized spacial score (nSPS) is 29.3. The first-order chi connectivity index (χ1) is 35.9. The van der Waals surface area contributed by atoms with Gasteiger partial charge in [0.15, 0.2) is 6.10 Å². The summed E-state index contributed by atoms with van der Waals surface area (Å²) in [7, 11) is -11.3. The van der Waals surface area contributed by atoms with Gasteiger partial charge in [-0.2, -0.15) is 9.29 Å². The number of phosphoric ester groups is 2. The van der Waals surface area contributed by atoms with Gasteiger partial charge in [0, 0.05) is 31.4 Å². The number of nitrogen functional groups attached to an aromatic ring is 1. The van der Waals surface area contributed by atoms with Crippen LogP contribution in [0.2, 0.25) is 0 Å². The van der Waals surface area contributed by atoms with E-state index < -0.39 is 120 Å². The number of esters is 2. The van der Waals surface area contributed by atoms with E-state index in [2.05, 4.69) is 46.6 Å². The fourth-order valence-electron chi connectivity index (χ4n) is 8.25. The molecule has 2 fully saturated rings. The third-order valence-electron chi connectivity index (χ3n) is 12.5. The van der Waals surface area contributed by atoms with E-state index in [4.69, 9.17) is 29.0 Å². The lowest BCUT2D eigenvalue weighted by Crippen LogP contribution is -2.51. The first kappa shape index (κ1) is 65.3. The van der Waals surface area contributed by atoms with Crippen LogP contribution in [0.15, 0.2) is 77.8 Å². The molecular formula is C52H83N3O18P2. The largest absolute Gasteiger partial charge is 0.481 e. The van der Waals surface area contributed by atoms with E-state index in [-0.39, 0.29) is 25.1 Å². The number of hydrogen-bond acceptors (Lipinski definition) is 18. The summed E-state index contributed by atoms with van der Waals surface area (Å²) in [5.74, 6) is -5.03. The van der Waals surface area contributed by atoms with Gasteiger partial charge in [-0.25, -0.2) is 13.9 Å². The zero-order valence-corrected chi connectivity index (χ0v) is 45.3. The molecule has 75 heavy (non-hydrogen) atoms. The van der Waals surface area contributed by atoms with Crippen LogP contribution in [0.25, 0.3) is 0 Å². The Morgan fingerprint density at radius 2 is 1.44 bits per heavy atom. The molecule has 0 amide bonds. The number of rotatable bonds is 22. The number of allylic oxidation sites excluding steroid dienone is 8. The first-order valence-corrected chi connectivity index (χ1v) is 29.4. The molecule has 2 saturated heterocycles. The van der Waals surface area contributed by atoms with Crippen LogP contribution in [0, 0.1) is 11.8 Å². The molecule has 2 unspecified atom stereocenters. The molecular weight excluding hydrogens is 1020 g/mol. The molecule has 3 heterocycles. The Bertz CT molecular complexity index is 2170. The highest BCUT2D eigenvalue weighted by Crippen LogP contribution is 2.60. The molecule has 0 spiro atoms. The van der Waals surface area contributed by atoms with Crippen molar-refractivity contribution in [1.82, 2.24) is 9.55 Å². The van der Waals surface area contributed by atoms with Gasteiger partial charge < -0.3 is 50.2 Å². The number of carbonyl (C=O) groups excluding carboxylic acids is 3. The number of anilines is 1. The topological polar surface area (TPSA) is 323 Å². The number of cyclic esters (lactones) is 1. The van der Waals surface area contributed by atoms with Crippen molar-refractivity contribution in [1.29, 1.82) is 0 Å². The molecule has 2 aliphatic heterocycles. The van der Waals surface area contributed by atoms with E-state index in [1.165, 1.54) is 37.5 Å². The fraction of sp³-hybridized carbons (Fsp3) is 0.673. The van der Waals surface area contributed by atoms with Crippen molar-refractivity contribution in [3.05, 3.63) is 83.5 Å². The minimum atomic E-state index is -5.73. The number of ketones is 1. The first-order valence-electron chi connectivity index (χ1n) is 26.4. The minimum Gasteiger partial charge on any atom is -0.462 e. The quantitative estimate of drug-likeness (QED) is 0.0253. The number of carbonyl (C=O) groups is 3. The molecule has 23 heteroatoms. The lowest BCUT2D eigenvalue weighted by Gasteiger charge is -2.38. The van der Waals surface area contributed by atoms with Crippen molar-refractivity contribution < 1.29 is 81.3 Å². The number of phosphoric acid groups is 2. The van der Waals surface area contributed by atoms with Gasteiger partial charge >= 0.3 is 33.3 Å². The maximum atomic E-state index is 14.3. The van der Waals surface area contributed by atoms with Crippen LogP contribution in [0.3, 0.4) is 0 Å². The van der Waals surface area contributed by atoms with E-state index in [9.17, 15) is 58.5 Å². The highest BCUT2D eigenvalue weighted by atomic mass is 31.3. The Hall–Kier alpha value is -3.95. The monoisotopic (exact) mass is 1100 g/mol. The van der Waals surface area contributed by atoms with Crippen molar-refractivity contribution >= 4 is 39.2 Å². The Morgan fingerprint density at radius 1 is 0.827 bits per heavy atom. The van der Waals surface area contributed by atoms with Gasteiger partial charge in [-0.05, 0) is 70.3 Å². The minimum absolute atomic E-state index is 0.0103. The number of Topliss-reactive ketones (excluding diaryl/α,β-unsaturated/α-hetero) is 1. The van der Waals surface area contributed by atoms with Crippen LogP contribution < -0.4 is 11.4 Å². The second-order valence-corrected chi connectivity index (χ2v) is 21.8. The third kappa shape index (κ3) is 26.8. The Morgan fingerprint density at radius 3 is 2.09 bits per heavy atom. The van der Waals surface area contributed by atoms with Crippen LogP contribution in [0.1, 0.15) is 155 Å². The number of unbranched alkanes of at least 4 members (excludes halogenated alkanes) is 6. The average Bonchev–Trinajstić information content (AvgIpc) is 3.35. The van der Waals surface area contributed by atoms with E-state index in [1.54, 1.807) is 0 Å². The van der Waals surface area contributed by atoms with E-state index in [0.29, 0.717) is 57.8 Å². The number of aromatic nitrogens is 2. The molecule has 8 N–H and O–H groups in total. The third-order valence-corrected chi connectivity index (χ3v) is 15.1. The fourth-order valence-corrected chi connectivity index (χ4v) is 10.4. The summed E-state index contributed by atoms with van der Waals surface area (Å²) in [6.07, 6.45) is 19.9. The summed E-state index contributed by atoms with van der Waals surface area (Å²) in [6, 6.07) is 1.23. The van der Waals surface area contributed by atoms with E-state index >= 15 is 0 Å². The lowest BCUT2D eigenvalue weighted by atomic mass is 9.83. The number of nitrogens with zero attached hydrogens (tertiary/aromatic N) is 2. The summed E-state index contributed by atoms with van der Waals surface area (Å²) in [5, 5.41) is 45.6. The van der Waals surface area contributed by atoms with Crippen LogP contribution in [0.4, 0.5) is 5.82 Å². The van der Waals surface area contributed by atoms with Gasteiger partial charge in [-0.3, -0.25) is 28.0 Å². The van der Waals surface area contributed by atoms with Crippen LogP contribution in [-0.2, 0) is 51.1 Å². The van der Waals surface area contributed by atoms with Crippen molar-refractivity contribution in [3.63, 3.8) is 0 Å². The van der Waals surface area contributed by atoms with Crippen molar-refractivity contribution in [2.75, 3.05) is 25.6 Å². The van der Waals surface area contributed by atoms with Gasteiger partial charge in [-0.1, -0.05) is 126 Å². The lowest BCUT2D eigenvalue weighted by molar-refractivity contribution is -0.184. The number of aliphatic hydroxyl groups is 4. The number of fused-ring (bicyclic) bond motifs is 3. The van der Waals surface area contributed by atoms with E-state index in [1.807, 2.05) is 25.2 Å². The molecule has 11 atom stereocenters. The molecule has 0 radical (unpaired) electrons. The van der Waals surface area contributed by atoms with Crippen molar-refractivity contribution in [2.45, 2.75) is 192 Å². The average molecular weight is 1100 g/mol. The predicted molar refractivity (Wildman–Crippen MR) is 280 cm³/mol. The number of aliphatic hydroxyl groups excluding tert-OH is 4. The molecule has 21 nitrogen and oxygen atoms in total. The van der Waals surface area contributed by atoms with Gasteiger partial charge in [0.2, 0.25) is 0 Å². The molecule has 424 valence electrons. The summed E-state index contributed by atoms with van der Waals surface area (Å²) in [6.45, 7) is 1.39. The summed E-state index contributed by atoms with van der Waals surface area (Å²) >= 11 is 0. The molecule has 0 aliphatic carbocycles. The number of nitrogens with two attached hydrogens (primary N) is 1. The second-order valence-electron chi connectivity index (χ2n) is 18.8. The SMILES string of the molecule is CCCCC/C=C\C/C=C\C/C=C\C/C=C\CCCC(=O)O[C@@H]1COC(=O)CCCCCC[C@H]2C(=O)C[C@@H](O)[C@H](/C=C/[C@@H](O)CCCCC)[C@H](O)[C@H](O)[C@@H](COP(=O)(O)OP(=O)(O)OC1)O[C@H]2n1ccc(N)nc1=O. The summed E-state index contributed by atoms with van der Waals surface area (Å²) in [4.78, 5) is 78.5. The molecule has 3 rings (SSSR count). The standard InChI is InChI=1S/C52H83N3O18P2/c1-3-5-7-8-9-10-11-12-13-14-15-16-17-18-19-20-26-30-48(60)71-40-36-68-47(59)29-25-22-21-24-28-42-44(58)35-43(57)41(32-31-39(56)27-23-6-4-2)49(61)50(62)45(38-70-75(66,67)73-74(64,65)69-37-40)72-51(42)55-34-33-46(53)54-52(55)63/h9-10,12-13,15-16,18-19,31-34,39-43,45,49-51,56-57,61-62H,3-8,11,14,17,20-30,35-38H2,1-2H3,(H,64,65)(H,66,67)(H2,53,54,63)/b10-9-,13-12-,16-15-,19-18-,32-31+/t39-,40+,41-,42-,43+,45+,49-,50+,51+/m0/s1. The maximum absolute atomic E-state index is 14.3. The van der Waals surface area contributed by atoms with Gasteiger partial charge in [0.25, 0.3) is 0 Å².